The molecule has 0 aliphatic rings. The minimum atomic E-state index is -0.349. The summed E-state index contributed by atoms with van der Waals surface area (Å²) in [5, 5.41) is 8.78. The molecule has 0 saturated carbocycles. The molecule has 6 heteroatoms. The van der Waals surface area contributed by atoms with Crippen LogP contribution in [0.1, 0.15) is 25.7 Å². The average molecular weight is 322 g/mol. The monoisotopic (exact) mass is 322 g/mol. The quantitative estimate of drug-likeness (QED) is 0.295. The second kappa shape index (κ2) is 12.6. The van der Waals surface area contributed by atoms with Gasteiger partial charge in [-0.3, -0.25) is 9.59 Å². The molecular formula is C17H30N4O2. The maximum atomic E-state index is 12.1. The molecule has 2 unspecified atom stereocenters. The topological polar surface area (TPSA) is 96.2 Å². The summed E-state index contributed by atoms with van der Waals surface area (Å²) in [5.74, 6) is -0.401. The lowest BCUT2D eigenvalue weighted by molar-refractivity contribution is -0.123. The highest BCUT2D eigenvalue weighted by Crippen LogP contribution is 2.07. The first-order valence-corrected chi connectivity index (χ1v) is 7.85. The van der Waals surface area contributed by atoms with Crippen molar-refractivity contribution in [3.63, 3.8) is 0 Å². The largest absolute Gasteiger partial charge is 0.368 e. The van der Waals surface area contributed by atoms with Gasteiger partial charge in [0.25, 0.3) is 0 Å². The molecule has 0 bridgehead atoms. The number of allylic oxidation sites excluding steroid dienone is 3. The first-order chi connectivity index (χ1) is 11.0. The zero-order valence-electron chi connectivity index (χ0n) is 14.2. The Bertz CT molecular complexity index is 432. The third-order valence-electron chi connectivity index (χ3n) is 3.61. The fourth-order valence-corrected chi connectivity index (χ4v) is 2.17. The van der Waals surface area contributed by atoms with Crippen LogP contribution in [0.3, 0.4) is 0 Å². The Morgan fingerprint density at radius 2 is 1.78 bits per heavy atom. The lowest BCUT2D eigenvalue weighted by Crippen LogP contribution is -2.43. The summed E-state index contributed by atoms with van der Waals surface area (Å²) in [6.07, 6.45) is 8.07. The van der Waals surface area contributed by atoms with Crippen molar-refractivity contribution in [2.75, 3.05) is 20.6 Å². The first kappa shape index (κ1) is 21.1. The molecule has 0 aromatic rings. The summed E-state index contributed by atoms with van der Waals surface area (Å²) in [5.41, 5.74) is 6.20. The molecule has 0 saturated heterocycles. The van der Waals surface area contributed by atoms with E-state index in [9.17, 15) is 9.59 Å². The van der Waals surface area contributed by atoms with Crippen molar-refractivity contribution in [3.05, 3.63) is 37.0 Å². The third-order valence-corrected chi connectivity index (χ3v) is 3.61. The van der Waals surface area contributed by atoms with E-state index in [4.69, 9.17) is 5.73 Å². The van der Waals surface area contributed by atoms with Crippen LogP contribution in [0.25, 0.3) is 0 Å². The number of primary amides is 1. The van der Waals surface area contributed by atoms with E-state index < -0.39 is 0 Å². The highest BCUT2D eigenvalue weighted by atomic mass is 16.2. The van der Waals surface area contributed by atoms with E-state index in [-0.39, 0.29) is 23.9 Å². The minimum Gasteiger partial charge on any atom is -0.368 e. The molecular weight excluding hydrogens is 292 g/mol. The van der Waals surface area contributed by atoms with Gasteiger partial charge in [-0.25, -0.2) is 0 Å². The Morgan fingerprint density at radius 3 is 2.26 bits per heavy atom. The summed E-state index contributed by atoms with van der Waals surface area (Å²) < 4.78 is 0. The molecule has 0 radical (unpaired) electrons. The van der Waals surface area contributed by atoms with Gasteiger partial charge in [-0.15, -0.1) is 0 Å². The highest BCUT2D eigenvalue weighted by molar-refractivity contribution is 5.82. The Labute approximate surface area is 139 Å². The lowest BCUT2D eigenvalue weighted by atomic mass is 10.0. The van der Waals surface area contributed by atoms with Gasteiger partial charge in [0, 0.05) is 6.54 Å². The van der Waals surface area contributed by atoms with Crippen LogP contribution < -0.4 is 21.7 Å². The standard InChI is InChI=1S/C17H30N4O2/c1-5-9-13(6-2)12-15(20-4)17(23)21-11-8-7-10-14(19-3)16(18)22/h5-6,9,14-15,19-20H,1-2,7-8,10-12H2,3-4H3,(H2,18,22)(H,21,23)/b13-9+. The summed E-state index contributed by atoms with van der Waals surface area (Å²) in [6.45, 7) is 7.95. The zero-order valence-corrected chi connectivity index (χ0v) is 14.2. The fourth-order valence-electron chi connectivity index (χ4n) is 2.17. The Morgan fingerprint density at radius 1 is 1.13 bits per heavy atom. The van der Waals surface area contributed by atoms with Crippen molar-refractivity contribution in [2.45, 2.75) is 37.8 Å². The van der Waals surface area contributed by atoms with Gasteiger partial charge < -0.3 is 21.7 Å². The van der Waals surface area contributed by atoms with Crippen LogP contribution in [-0.4, -0.2) is 44.5 Å². The molecule has 23 heavy (non-hydrogen) atoms. The van der Waals surface area contributed by atoms with E-state index in [1.54, 1.807) is 26.2 Å². The van der Waals surface area contributed by atoms with Gasteiger partial charge in [0.2, 0.25) is 11.8 Å². The van der Waals surface area contributed by atoms with Crippen molar-refractivity contribution in [1.82, 2.24) is 16.0 Å². The van der Waals surface area contributed by atoms with Gasteiger partial charge in [0.1, 0.15) is 0 Å². The molecule has 2 amide bonds. The number of hydrogen-bond acceptors (Lipinski definition) is 4. The molecule has 2 atom stereocenters. The number of unbranched alkanes of at least 4 members (excludes halogenated alkanes) is 1. The van der Waals surface area contributed by atoms with E-state index in [0.29, 0.717) is 19.4 Å². The normalized spacial score (nSPS) is 13.9. The van der Waals surface area contributed by atoms with Crippen molar-refractivity contribution in [3.8, 4) is 0 Å². The summed E-state index contributed by atoms with van der Waals surface area (Å²) in [4.78, 5) is 23.2. The van der Waals surface area contributed by atoms with Crippen LogP contribution in [0, 0.1) is 0 Å². The van der Waals surface area contributed by atoms with Gasteiger partial charge >= 0.3 is 0 Å². The Kier molecular flexibility index (Phi) is 11.6. The second-order valence-electron chi connectivity index (χ2n) is 5.26. The molecule has 0 aliphatic heterocycles. The average Bonchev–Trinajstić information content (AvgIpc) is 2.54. The summed E-state index contributed by atoms with van der Waals surface area (Å²) in [7, 11) is 3.46. The fraction of sp³-hybridized carbons (Fsp3) is 0.529. The van der Waals surface area contributed by atoms with E-state index in [1.165, 1.54) is 0 Å². The second-order valence-corrected chi connectivity index (χ2v) is 5.26. The van der Waals surface area contributed by atoms with Crippen LogP contribution in [0.15, 0.2) is 37.0 Å². The number of nitrogens with two attached hydrogens (primary N) is 1. The maximum Gasteiger partial charge on any atom is 0.237 e. The summed E-state index contributed by atoms with van der Waals surface area (Å²) in [6, 6.07) is -0.621. The van der Waals surface area contributed by atoms with Gasteiger partial charge in [-0.2, -0.15) is 0 Å². The van der Waals surface area contributed by atoms with E-state index in [1.807, 2.05) is 6.08 Å². The van der Waals surface area contributed by atoms with Crippen LogP contribution in [-0.2, 0) is 9.59 Å². The number of nitrogens with one attached hydrogen (secondary N) is 3. The Hall–Kier alpha value is -1.92. The molecule has 0 aromatic heterocycles. The van der Waals surface area contributed by atoms with Gasteiger partial charge in [0.05, 0.1) is 12.1 Å². The molecule has 0 spiro atoms. The van der Waals surface area contributed by atoms with Gasteiger partial charge in [0.15, 0.2) is 0 Å². The molecule has 6 nitrogen and oxygen atoms in total. The van der Waals surface area contributed by atoms with E-state index in [0.717, 1.165) is 18.4 Å². The number of rotatable bonds is 13. The number of likely N-dealkylation sites (N-methyl/N-ethyl adjacent to an activating group) is 2. The van der Waals surface area contributed by atoms with Crippen molar-refractivity contribution >= 4 is 11.8 Å². The molecule has 0 aromatic carbocycles. The molecule has 5 N–H and O–H groups in total. The highest BCUT2D eigenvalue weighted by Gasteiger charge is 2.16. The SMILES string of the molecule is C=C/C=C(\C=C)CC(NC)C(=O)NCCCCC(NC)C(N)=O. The predicted octanol–water partition coefficient (Wildman–Crippen LogP) is 0.623. The lowest BCUT2D eigenvalue weighted by Gasteiger charge is -2.17. The number of carbonyl (C=O) groups excluding carboxylic acids is 2. The van der Waals surface area contributed by atoms with Gasteiger partial charge in [-0.1, -0.05) is 31.4 Å². The minimum absolute atomic E-state index is 0.0515. The summed E-state index contributed by atoms with van der Waals surface area (Å²) >= 11 is 0. The molecule has 130 valence electrons. The predicted molar refractivity (Wildman–Crippen MR) is 94.8 cm³/mol. The van der Waals surface area contributed by atoms with Crippen LogP contribution in [0.4, 0.5) is 0 Å². The molecule has 0 heterocycles. The third kappa shape index (κ3) is 8.95. The van der Waals surface area contributed by atoms with Crippen molar-refractivity contribution < 1.29 is 9.59 Å². The van der Waals surface area contributed by atoms with Crippen molar-refractivity contribution in [1.29, 1.82) is 0 Å². The molecule has 0 rings (SSSR count). The Balaban J connectivity index is 4.16. The molecule has 0 fully saturated rings. The molecule has 0 aliphatic carbocycles. The maximum absolute atomic E-state index is 12.1. The van der Waals surface area contributed by atoms with Crippen molar-refractivity contribution in [2.24, 2.45) is 5.73 Å². The smallest absolute Gasteiger partial charge is 0.237 e. The number of carbonyl (C=O) groups is 2. The van der Waals surface area contributed by atoms with E-state index in [2.05, 4.69) is 29.1 Å². The first-order valence-electron chi connectivity index (χ1n) is 7.85. The van der Waals surface area contributed by atoms with Crippen LogP contribution in [0.2, 0.25) is 0 Å². The van der Waals surface area contributed by atoms with Gasteiger partial charge in [-0.05, 0) is 45.4 Å². The zero-order chi connectivity index (χ0) is 17.7. The number of hydrogen-bond donors (Lipinski definition) is 4. The number of amides is 2. The van der Waals surface area contributed by atoms with E-state index >= 15 is 0 Å². The van der Waals surface area contributed by atoms with Crippen LogP contribution >= 0.6 is 0 Å². The van der Waals surface area contributed by atoms with Crippen LogP contribution in [0.5, 0.6) is 0 Å².